The molecular weight excluding hydrogens is 246 g/mol. The Morgan fingerprint density at radius 1 is 1.15 bits per heavy atom. The van der Waals surface area contributed by atoms with Gasteiger partial charge in [0.05, 0.1) is 6.61 Å². The normalized spacial score (nSPS) is 17.9. The van der Waals surface area contributed by atoms with E-state index in [2.05, 4.69) is 43.4 Å². The maximum absolute atomic E-state index is 5.61. The van der Waals surface area contributed by atoms with E-state index in [1.165, 1.54) is 37.7 Å². The van der Waals surface area contributed by atoms with Gasteiger partial charge in [0.2, 0.25) is 0 Å². The van der Waals surface area contributed by atoms with E-state index < -0.39 is 0 Å². The molecule has 1 unspecified atom stereocenters. The van der Waals surface area contributed by atoms with Crippen molar-refractivity contribution in [3.63, 3.8) is 0 Å². The Balaban J connectivity index is 1.75. The van der Waals surface area contributed by atoms with E-state index >= 15 is 0 Å². The minimum Gasteiger partial charge on any atom is -0.494 e. The lowest BCUT2D eigenvalue weighted by molar-refractivity contribution is 0.280. The summed E-state index contributed by atoms with van der Waals surface area (Å²) >= 11 is 0. The van der Waals surface area contributed by atoms with Gasteiger partial charge < -0.3 is 10.1 Å². The number of rotatable bonds is 7. The van der Waals surface area contributed by atoms with Gasteiger partial charge in [0, 0.05) is 12.6 Å². The van der Waals surface area contributed by atoms with Crippen molar-refractivity contribution < 1.29 is 4.74 Å². The van der Waals surface area contributed by atoms with Crippen molar-refractivity contribution in [2.24, 2.45) is 5.92 Å². The van der Waals surface area contributed by atoms with Crippen LogP contribution in [0.25, 0.3) is 0 Å². The maximum atomic E-state index is 5.61. The largest absolute Gasteiger partial charge is 0.494 e. The number of ether oxygens (including phenoxy) is 1. The molecular formula is C18H29NO. The van der Waals surface area contributed by atoms with E-state index in [9.17, 15) is 0 Å². The van der Waals surface area contributed by atoms with Crippen LogP contribution in [0, 0.1) is 5.92 Å². The lowest BCUT2D eigenvalue weighted by atomic mass is 9.84. The summed E-state index contributed by atoms with van der Waals surface area (Å²) in [6.45, 7) is 6.24. The second-order valence-corrected chi connectivity index (χ2v) is 6.06. The zero-order valence-corrected chi connectivity index (χ0v) is 13.0. The summed E-state index contributed by atoms with van der Waals surface area (Å²) in [6, 6.07) is 9.14. The molecule has 0 amide bonds. The van der Waals surface area contributed by atoms with Crippen LogP contribution in [0.15, 0.2) is 24.3 Å². The Morgan fingerprint density at radius 3 is 2.50 bits per heavy atom. The summed E-state index contributed by atoms with van der Waals surface area (Å²) in [6.07, 6.45) is 8.13. The standard InChI is InChI=1S/C18H29NO/c1-3-13-20-18-11-9-16(10-12-18)14-19-15(2)17-7-5-4-6-8-17/h9-12,15,17,19H,3-8,13-14H2,1-2H3. The third-order valence-electron chi connectivity index (χ3n) is 4.38. The molecule has 0 heterocycles. The van der Waals surface area contributed by atoms with Crippen molar-refractivity contribution in [1.29, 1.82) is 0 Å². The van der Waals surface area contributed by atoms with Crippen molar-refractivity contribution in [1.82, 2.24) is 5.32 Å². The van der Waals surface area contributed by atoms with E-state index in [1.807, 2.05) is 0 Å². The van der Waals surface area contributed by atoms with Crippen molar-refractivity contribution in [3.8, 4) is 5.75 Å². The molecule has 2 rings (SSSR count). The molecule has 20 heavy (non-hydrogen) atoms. The van der Waals surface area contributed by atoms with E-state index in [0.29, 0.717) is 6.04 Å². The Morgan fingerprint density at radius 2 is 1.85 bits per heavy atom. The molecule has 112 valence electrons. The molecule has 1 aliphatic rings. The number of benzene rings is 1. The molecule has 1 aromatic carbocycles. The van der Waals surface area contributed by atoms with E-state index in [0.717, 1.165) is 31.2 Å². The van der Waals surface area contributed by atoms with Gasteiger partial charge in [-0.2, -0.15) is 0 Å². The predicted molar refractivity (Wildman–Crippen MR) is 85.1 cm³/mol. The molecule has 0 radical (unpaired) electrons. The lowest BCUT2D eigenvalue weighted by Crippen LogP contribution is -2.34. The third kappa shape index (κ3) is 4.82. The van der Waals surface area contributed by atoms with Crippen molar-refractivity contribution in [3.05, 3.63) is 29.8 Å². The highest BCUT2D eigenvalue weighted by Gasteiger charge is 2.19. The molecule has 1 aromatic rings. The average molecular weight is 275 g/mol. The van der Waals surface area contributed by atoms with E-state index in [1.54, 1.807) is 0 Å². The van der Waals surface area contributed by atoms with Crippen LogP contribution in [0.5, 0.6) is 5.75 Å². The minimum absolute atomic E-state index is 0.631. The molecule has 0 bridgehead atoms. The second kappa shape index (κ2) is 8.31. The van der Waals surface area contributed by atoms with Crippen LogP contribution in [0.4, 0.5) is 0 Å². The van der Waals surface area contributed by atoms with Crippen LogP contribution in [0.3, 0.4) is 0 Å². The van der Waals surface area contributed by atoms with Gasteiger partial charge in [-0.3, -0.25) is 0 Å². The fourth-order valence-corrected chi connectivity index (χ4v) is 3.00. The lowest BCUT2D eigenvalue weighted by Gasteiger charge is -2.28. The smallest absolute Gasteiger partial charge is 0.119 e. The minimum atomic E-state index is 0.631. The summed E-state index contributed by atoms with van der Waals surface area (Å²) < 4.78 is 5.61. The van der Waals surface area contributed by atoms with Gasteiger partial charge in [-0.25, -0.2) is 0 Å². The van der Waals surface area contributed by atoms with Gasteiger partial charge in [-0.15, -0.1) is 0 Å². The Bertz CT molecular complexity index is 368. The monoisotopic (exact) mass is 275 g/mol. The topological polar surface area (TPSA) is 21.3 Å². The Kier molecular flexibility index (Phi) is 6.38. The van der Waals surface area contributed by atoms with E-state index in [4.69, 9.17) is 4.74 Å². The van der Waals surface area contributed by atoms with Crippen molar-refractivity contribution in [2.45, 2.75) is 65.0 Å². The summed E-state index contributed by atoms with van der Waals surface area (Å²) in [4.78, 5) is 0. The fourth-order valence-electron chi connectivity index (χ4n) is 3.00. The second-order valence-electron chi connectivity index (χ2n) is 6.06. The molecule has 2 nitrogen and oxygen atoms in total. The molecule has 1 fully saturated rings. The van der Waals surface area contributed by atoms with Gasteiger partial charge in [0.1, 0.15) is 5.75 Å². The van der Waals surface area contributed by atoms with Crippen LogP contribution in [0.1, 0.15) is 57.9 Å². The Hall–Kier alpha value is -1.02. The SMILES string of the molecule is CCCOc1ccc(CNC(C)C2CCCCC2)cc1. The van der Waals surface area contributed by atoms with Crippen molar-refractivity contribution in [2.75, 3.05) is 6.61 Å². The maximum Gasteiger partial charge on any atom is 0.119 e. The highest BCUT2D eigenvalue weighted by Crippen LogP contribution is 2.26. The van der Waals surface area contributed by atoms with Crippen LogP contribution in [0.2, 0.25) is 0 Å². The van der Waals surface area contributed by atoms with Crippen LogP contribution >= 0.6 is 0 Å². The molecule has 1 aliphatic carbocycles. The quantitative estimate of drug-likeness (QED) is 0.789. The molecule has 1 saturated carbocycles. The van der Waals surface area contributed by atoms with Gasteiger partial charge >= 0.3 is 0 Å². The first kappa shape index (κ1) is 15.4. The first-order chi connectivity index (χ1) is 9.79. The molecule has 1 atom stereocenters. The highest BCUT2D eigenvalue weighted by molar-refractivity contribution is 5.27. The molecule has 2 heteroatoms. The highest BCUT2D eigenvalue weighted by atomic mass is 16.5. The predicted octanol–water partition coefficient (Wildman–Crippen LogP) is 4.53. The van der Waals surface area contributed by atoms with Gasteiger partial charge in [0.25, 0.3) is 0 Å². The summed E-state index contributed by atoms with van der Waals surface area (Å²) in [5.41, 5.74) is 1.34. The third-order valence-corrected chi connectivity index (χ3v) is 4.38. The number of hydrogen-bond acceptors (Lipinski definition) is 2. The molecule has 0 spiro atoms. The van der Waals surface area contributed by atoms with Gasteiger partial charge in [0.15, 0.2) is 0 Å². The summed E-state index contributed by atoms with van der Waals surface area (Å²) in [5.74, 6) is 1.85. The number of nitrogens with one attached hydrogen (secondary N) is 1. The van der Waals surface area contributed by atoms with E-state index in [-0.39, 0.29) is 0 Å². The van der Waals surface area contributed by atoms with Crippen LogP contribution in [-0.4, -0.2) is 12.6 Å². The summed E-state index contributed by atoms with van der Waals surface area (Å²) in [5, 5.41) is 3.69. The number of hydrogen-bond donors (Lipinski definition) is 1. The average Bonchev–Trinajstić information content (AvgIpc) is 2.52. The first-order valence-corrected chi connectivity index (χ1v) is 8.24. The Labute approximate surface area is 123 Å². The van der Waals surface area contributed by atoms with Gasteiger partial charge in [-0.1, -0.05) is 38.3 Å². The molecule has 0 aliphatic heterocycles. The van der Waals surface area contributed by atoms with Crippen molar-refractivity contribution >= 4 is 0 Å². The molecule has 1 N–H and O–H groups in total. The van der Waals surface area contributed by atoms with Gasteiger partial charge in [-0.05, 0) is 49.8 Å². The molecule has 0 aromatic heterocycles. The first-order valence-electron chi connectivity index (χ1n) is 8.24. The van der Waals surface area contributed by atoms with Crippen LogP contribution < -0.4 is 10.1 Å². The fraction of sp³-hybridized carbons (Fsp3) is 0.667. The zero-order valence-electron chi connectivity index (χ0n) is 13.0. The molecule has 0 saturated heterocycles. The summed E-state index contributed by atoms with van der Waals surface area (Å²) in [7, 11) is 0. The van der Waals surface area contributed by atoms with Crippen LogP contribution in [-0.2, 0) is 6.54 Å². The zero-order chi connectivity index (χ0) is 14.2.